The van der Waals surface area contributed by atoms with E-state index < -0.39 is 0 Å². The average Bonchev–Trinajstić information content (AvgIpc) is 3.43. The van der Waals surface area contributed by atoms with Crippen LogP contribution < -0.4 is 9.47 Å². The number of piperidine rings is 1. The summed E-state index contributed by atoms with van der Waals surface area (Å²) in [5.41, 5.74) is 4.92. The summed E-state index contributed by atoms with van der Waals surface area (Å²) < 4.78 is 11.7. The number of aromatic nitrogens is 2. The van der Waals surface area contributed by atoms with E-state index in [-0.39, 0.29) is 17.9 Å². The molecule has 1 N–H and O–H groups in total. The van der Waals surface area contributed by atoms with Crippen LogP contribution in [0, 0.1) is 5.92 Å². The highest BCUT2D eigenvalue weighted by atomic mass is 79.9. The third-order valence-corrected chi connectivity index (χ3v) is 8.66. The third kappa shape index (κ3) is 6.81. The number of imidazole rings is 1. The predicted molar refractivity (Wildman–Crippen MR) is 171 cm³/mol. The van der Waals surface area contributed by atoms with E-state index in [1.54, 1.807) is 26.4 Å². The number of para-hydroxylation sites is 2. The first-order valence-electron chi connectivity index (χ1n) is 14.8. The molecule has 1 atom stereocenters. The lowest BCUT2D eigenvalue weighted by Gasteiger charge is -2.34. The maximum absolute atomic E-state index is 14.5. The van der Waals surface area contributed by atoms with Gasteiger partial charge in [-0.2, -0.15) is 0 Å². The number of H-pyrrole nitrogens is 1. The number of carbonyl (C=O) groups is 1. The van der Waals surface area contributed by atoms with Gasteiger partial charge in [0.15, 0.2) is 11.5 Å². The summed E-state index contributed by atoms with van der Waals surface area (Å²) in [5.74, 6) is 2.02. The van der Waals surface area contributed by atoms with Crippen LogP contribution in [-0.2, 0) is 13.0 Å². The lowest BCUT2D eigenvalue weighted by molar-refractivity contribution is 0.0637. The number of aromatic amines is 1. The molecule has 0 bridgehead atoms. The predicted octanol–water partition coefficient (Wildman–Crippen LogP) is 7.41. The maximum Gasteiger partial charge on any atom is 0.255 e. The van der Waals surface area contributed by atoms with Gasteiger partial charge < -0.3 is 19.4 Å². The third-order valence-electron chi connectivity index (χ3n) is 8.00. The molecule has 2 heterocycles. The molecule has 1 saturated heterocycles. The SMILES string of the molecule is COc1cc(Br)c(C(=O)N(CC(C)C)C(Cc2ccccc2CN2CCCCC2)c2nc3ccccc3[nH]2)cc1OC. The number of nitrogens with zero attached hydrogens (tertiary/aromatic N) is 3. The molecule has 0 spiro atoms. The Labute approximate surface area is 257 Å². The van der Waals surface area contributed by atoms with Crippen molar-refractivity contribution in [3.8, 4) is 11.5 Å². The normalized spacial score (nSPS) is 14.7. The van der Waals surface area contributed by atoms with Crippen molar-refractivity contribution in [1.82, 2.24) is 19.8 Å². The van der Waals surface area contributed by atoms with Gasteiger partial charge in [0.1, 0.15) is 5.82 Å². The zero-order valence-electron chi connectivity index (χ0n) is 25.0. The minimum absolute atomic E-state index is 0.0875. The molecule has 1 amide bonds. The van der Waals surface area contributed by atoms with Crippen molar-refractivity contribution in [3.05, 3.63) is 87.7 Å². The van der Waals surface area contributed by atoms with E-state index in [0.29, 0.717) is 34.5 Å². The number of halogens is 1. The van der Waals surface area contributed by atoms with E-state index in [1.165, 1.54) is 30.4 Å². The van der Waals surface area contributed by atoms with Crippen molar-refractivity contribution in [2.75, 3.05) is 33.9 Å². The van der Waals surface area contributed by atoms with Crippen LogP contribution in [0.3, 0.4) is 0 Å². The van der Waals surface area contributed by atoms with Crippen LogP contribution in [0.2, 0.25) is 0 Å². The molecule has 7 nitrogen and oxygen atoms in total. The summed E-state index contributed by atoms with van der Waals surface area (Å²) >= 11 is 3.64. The Hall–Kier alpha value is -3.36. The molecule has 1 aliphatic heterocycles. The minimum Gasteiger partial charge on any atom is -0.493 e. The maximum atomic E-state index is 14.5. The molecule has 3 aromatic carbocycles. The molecule has 0 radical (unpaired) electrons. The van der Waals surface area contributed by atoms with Crippen LogP contribution in [0.4, 0.5) is 0 Å². The molecule has 222 valence electrons. The number of methoxy groups -OCH3 is 2. The Morgan fingerprint density at radius 2 is 1.64 bits per heavy atom. The summed E-state index contributed by atoms with van der Waals surface area (Å²) in [6, 6.07) is 20.0. The summed E-state index contributed by atoms with van der Waals surface area (Å²) in [4.78, 5) is 27.7. The molecule has 8 heteroatoms. The van der Waals surface area contributed by atoms with Gasteiger partial charge in [0.25, 0.3) is 5.91 Å². The van der Waals surface area contributed by atoms with Gasteiger partial charge in [-0.05, 0) is 83.2 Å². The first kappa shape index (κ1) is 30.1. The van der Waals surface area contributed by atoms with Crippen molar-refractivity contribution < 1.29 is 14.3 Å². The molecule has 5 rings (SSSR count). The van der Waals surface area contributed by atoms with Gasteiger partial charge >= 0.3 is 0 Å². The molecule has 1 aliphatic rings. The highest BCUT2D eigenvalue weighted by Gasteiger charge is 2.32. The van der Waals surface area contributed by atoms with Crippen molar-refractivity contribution in [2.24, 2.45) is 5.92 Å². The Morgan fingerprint density at radius 1 is 0.976 bits per heavy atom. The van der Waals surface area contributed by atoms with E-state index in [2.05, 4.69) is 63.9 Å². The number of amides is 1. The monoisotopic (exact) mass is 632 g/mol. The van der Waals surface area contributed by atoms with Gasteiger partial charge in [0.05, 0.1) is 36.9 Å². The van der Waals surface area contributed by atoms with E-state index >= 15 is 0 Å². The fourth-order valence-electron chi connectivity index (χ4n) is 5.88. The second kappa shape index (κ2) is 13.7. The standard InChI is InChI=1S/C34H41BrN4O3/c1-23(2)21-39(34(40)26-19-31(41-3)32(42-4)20-27(26)35)30(33-36-28-14-8-9-15-29(28)37-33)18-24-12-6-7-13-25(24)22-38-16-10-5-11-17-38/h6-9,12-15,19-20,23,30H,5,10-11,16-18,21-22H2,1-4H3,(H,36,37). The van der Waals surface area contributed by atoms with E-state index in [4.69, 9.17) is 14.5 Å². The van der Waals surface area contributed by atoms with Gasteiger partial charge in [-0.3, -0.25) is 9.69 Å². The number of benzene rings is 3. The molecular formula is C34H41BrN4O3. The largest absolute Gasteiger partial charge is 0.493 e. The fourth-order valence-corrected chi connectivity index (χ4v) is 6.37. The second-order valence-corrected chi connectivity index (χ2v) is 12.4. The second-order valence-electron chi connectivity index (χ2n) is 11.5. The highest BCUT2D eigenvalue weighted by molar-refractivity contribution is 9.10. The molecule has 4 aromatic rings. The Morgan fingerprint density at radius 3 is 2.33 bits per heavy atom. The topological polar surface area (TPSA) is 70.7 Å². The summed E-state index contributed by atoms with van der Waals surface area (Å²) in [6.45, 7) is 8.03. The molecule has 42 heavy (non-hydrogen) atoms. The van der Waals surface area contributed by atoms with Crippen LogP contribution in [0.1, 0.15) is 66.5 Å². The Balaban J connectivity index is 1.58. The van der Waals surface area contributed by atoms with E-state index in [0.717, 1.165) is 36.5 Å². The summed E-state index contributed by atoms with van der Waals surface area (Å²) in [6.07, 6.45) is 4.46. The minimum atomic E-state index is -0.310. The van der Waals surface area contributed by atoms with Crippen LogP contribution in [-0.4, -0.2) is 59.5 Å². The first-order chi connectivity index (χ1) is 20.4. The number of hydrogen-bond acceptors (Lipinski definition) is 5. The number of rotatable bonds is 11. The van der Waals surface area contributed by atoms with Gasteiger partial charge in [0.2, 0.25) is 0 Å². The van der Waals surface area contributed by atoms with Crippen molar-refractivity contribution in [1.29, 1.82) is 0 Å². The van der Waals surface area contributed by atoms with Gasteiger partial charge in [-0.15, -0.1) is 0 Å². The summed E-state index contributed by atoms with van der Waals surface area (Å²) in [5, 5.41) is 0. The van der Waals surface area contributed by atoms with Gasteiger partial charge in [0, 0.05) is 24.0 Å². The molecule has 1 fully saturated rings. The average molecular weight is 634 g/mol. The van der Waals surface area contributed by atoms with E-state index in [1.807, 2.05) is 29.2 Å². The van der Waals surface area contributed by atoms with Crippen molar-refractivity contribution in [3.63, 3.8) is 0 Å². The molecule has 1 unspecified atom stereocenters. The first-order valence-corrected chi connectivity index (χ1v) is 15.6. The number of hydrogen-bond donors (Lipinski definition) is 1. The van der Waals surface area contributed by atoms with Crippen LogP contribution in [0.15, 0.2) is 65.1 Å². The number of fused-ring (bicyclic) bond motifs is 1. The molecule has 0 saturated carbocycles. The van der Waals surface area contributed by atoms with Crippen LogP contribution >= 0.6 is 15.9 Å². The number of carbonyl (C=O) groups excluding carboxylic acids is 1. The van der Waals surface area contributed by atoms with Crippen LogP contribution in [0.25, 0.3) is 11.0 Å². The Kier molecular flexibility index (Phi) is 9.85. The number of ether oxygens (including phenoxy) is 2. The Bertz CT molecular complexity index is 1480. The number of likely N-dealkylation sites (tertiary alicyclic amines) is 1. The molecule has 0 aliphatic carbocycles. The van der Waals surface area contributed by atoms with Gasteiger partial charge in [-0.25, -0.2) is 4.98 Å². The smallest absolute Gasteiger partial charge is 0.255 e. The fraction of sp³-hybridized carbons (Fsp3) is 0.412. The lowest BCUT2D eigenvalue weighted by Crippen LogP contribution is -2.39. The zero-order valence-corrected chi connectivity index (χ0v) is 26.6. The summed E-state index contributed by atoms with van der Waals surface area (Å²) in [7, 11) is 3.18. The molecule has 1 aromatic heterocycles. The van der Waals surface area contributed by atoms with Crippen molar-refractivity contribution in [2.45, 2.75) is 52.1 Å². The quantitative estimate of drug-likeness (QED) is 0.186. The molecular weight excluding hydrogens is 592 g/mol. The van der Waals surface area contributed by atoms with Crippen LogP contribution in [0.5, 0.6) is 11.5 Å². The zero-order chi connectivity index (χ0) is 29.6. The van der Waals surface area contributed by atoms with Crippen molar-refractivity contribution >= 4 is 32.9 Å². The highest BCUT2D eigenvalue weighted by Crippen LogP contribution is 2.36. The number of nitrogens with one attached hydrogen (secondary N) is 1. The van der Waals surface area contributed by atoms with Gasteiger partial charge in [-0.1, -0.05) is 56.7 Å². The lowest BCUT2D eigenvalue weighted by atomic mass is 9.96. The van der Waals surface area contributed by atoms with E-state index in [9.17, 15) is 4.79 Å².